The van der Waals surface area contributed by atoms with Crippen LogP contribution in [-0.2, 0) is 11.2 Å². The first-order valence-electron chi connectivity index (χ1n) is 11.3. The molecule has 2 amide bonds. The Kier molecular flexibility index (Phi) is 6.24. The van der Waals surface area contributed by atoms with Crippen molar-refractivity contribution in [3.05, 3.63) is 32.0 Å². The number of halogens is 2. The number of carboxylic acids is 1. The van der Waals surface area contributed by atoms with Crippen LogP contribution in [-0.4, -0.2) is 58.0 Å². The van der Waals surface area contributed by atoms with Crippen molar-refractivity contribution in [2.75, 3.05) is 18.0 Å². The predicted octanol–water partition coefficient (Wildman–Crippen LogP) is 3.25. The summed E-state index contributed by atoms with van der Waals surface area (Å²) in [5.74, 6) is -1.04. The van der Waals surface area contributed by atoms with Crippen LogP contribution in [0.2, 0.25) is 10.0 Å². The minimum absolute atomic E-state index is 0.0257. The van der Waals surface area contributed by atoms with Crippen molar-refractivity contribution in [1.82, 2.24) is 20.6 Å². The molecule has 0 bridgehead atoms. The molecule has 1 unspecified atom stereocenters. The van der Waals surface area contributed by atoms with Gasteiger partial charge in [-0.3, -0.25) is 9.59 Å². The summed E-state index contributed by atoms with van der Waals surface area (Å²) < 4.78 is 0. The maximum absolute atomic E-state index is 12.6. The van der Waals surface area contributed by atoms with E-state index in [1.165, 1.54) is 0 Å². The third-order valence-corrected chi connectivity index (χ3v) is 9.07. The lowest BCUT2D eigenvalue weighted by molar-refractivity contribution is -0.121. The molecule has 0 spiro atoms. The standard InChI is InChI=1S/C22H25Cl2N5O4S/c1-9-15(23)16(24)18(25-9)20(31)28-17-11-7-29(8-12(11)17)22-27-13(19(34-22)21(32)33)6-14(30)26-10-4-2-3-5-10/h10-12,17,25H,2-8H2,1H3,(H,26,30)(H,28,31)(H,32,33)/t11-,12+,17?. The Labute approximate surface area is 210 Å². The highest BCUT2D eigenvalue weighted by Crippen LogP contribution is 2.48. The molecule has 3 aliphatic rings. The van der Waals surface area contributed by atoms with Crippen LogP contribution in [0.1, 0.15) is 57.2 Å². The number of carbonyl (C=O) groups excluding carboxylic acids is 2. The molecule has 0 radical (unpaired) electrons. The number of hydrogen-bond donors (Lipinski definition) is 4. The van der Waals surface area contributed by atoms with Crippen LogP contribution in [0, 0.1) is 18.8 Å². The molecule has 1 saturated heterocycles. The van der Waals surface area contributed by atoms with E-state index in [4.69, 9.17) is 23.2 Å². The van der Waals surface area contributed by atoms with E-state index in [1.807, 2.05) is 4.90 Å². The van der Waals surface area contributed by atoms with Gasteiger partial charge in [0.25, 0.3) is 5.91 Å². The molecule has 2 aromatic rings. The molecule has 2 saturated carbocycles. The van der Waals surface area contributed by atoms with E-state index in [0.29, 0.717) is 34.6 Å². The lowest BCUT2D eigenvalue weighted by atomic mass is 10.2. The Morgan fingerprint density at radius 3 is 2.41 bits per heavy atom. The van der Waals surface area contributed by atoms with Crippen molar-refractivity contribution in [2.24, 2.45) is 11.8 Å². The number of aromatic carboxylic acids is 1. The largest absolute Gasteiger partial charge is 0.477 e. The van der Waals surface area contributed by atoms with E-state index in [9.17, 15) is 19.5 Å². The Morgan fingerprint density at radius 2 is 1.82 bits per heavy atom. The number of nitrogens with zero attached hydrogens (tertiary/aromatic N) is 2. The van der Waals surface area contributed by atoms with Crippen LogP contribution in [0.4, 0.5) is 5.13 Å². The topological polar surface area (TPSA) is 127 Å². The minimum atomic E-state index is -1.07. The maximum Gasteiger partial charge on any atom is 0.347 e. The molecule has 1 aliphatic heterocycles. The number of aromatic amines is 1. The number of thiazole rings is 1. The number of anilines is 1. The zero-order chi connectivity index (χ0) is 24.1. The van der Waals surface area contributed by atoms with Crippen LogP contribution in [0.25, 0.3) is 0 Å². The molecule has 5 rings (SSSR count). The first-order chi connectivity index (χ1) is 16.2. The second kappa shape index (κ2) is 9.05. The summed E-state index contributed by atoms with van der Waals surface area (Å²) >= 11 is 13.3. The van der Waals surface area contributed by atoms with Crippen LogP contribution in [0.15, 0.2) is 0 Å². The van der Waals surface area contributed by atoms with Crippen molar-refractivity contribution in [3.63, 3.8) is 0 Å². The monoisotopic (exact) mass is 525 g/mol. The van der Waals surface area contributed by atoms with Gasteiger partial charge in [-0.05, 0) is 19.8 Å². The summed E-state index contributed by atoms with van der Waals surface area (Å²) in [6.45, 7) is 3.07. The Balaban J connectivity index is 1.20. The number of H-pyrrole nitrogens is 1. The first kappa shape index (κ1) is 23.4. The van der Waals surface area contributed by atoms with Crippen LogP contribution in [0.3, 0.4) is 0 Å². The van der Waals surface area contributed by atoms with Gasteiger partial charge >= 0.3 is 5.97 Å². The van der Waals surface area contributed by atoms with Crippen LogP contribution in [0.5, 0.6) is 0 Å². The number of amides is 2. The molecule has 3 atom stereocenters. The summed E-state index contributed by atoms with van der Waals surface area (Å²) in [4.78, 5) is 46.4. The summed E-state index contributed by atoms with van der Waals surface area (Å²) in [6.07, 6.45) is 4.12. The summed E-state index contributed by atoms with van der Waals surface area (Å²) in [7, 11) is 0. The van der Waals surface area contributed by atoms with Gasteiger partial charge in [0.15, 0.2) is 5.13 Å². The fourth-order valence-electron chi connectivity index (χ4n) is 5.11. The average Bonchev–Trinajstić information content (AvgIpc) is 3.35. The number of aromatic nitrogens is 2. The molecule has 2 aliphatic carbocycles. The molecule has 3 heterocycles. The minimum Gasteiger partial charge on any atom is -0.477 e. The molecular formula is C22H25Cl2N5O4S. The van der Waals surface area contributed by atoms with Crippen molar-refractivity contribution in [1.29, 1.82) is 0 Å². The Bertz CT molecular complexity index is 1150. The second-order valence-electron chi connectivity index (χ2n) is 9.29. The molecule has 0 aromatic carbocycles. The van der Waals surface area contributed by atoms with Gasteiger partial charge in [0.1, 0.15) is 10.6 Å². The third-order valence-electron chi connectivity index (χ3n) is 6.97. The number of carboxylic acid groups (broad SMARTS) is 1. The molecule has 3 fully saturated rings. The number of piperidine rings is 1. The number of nitrogens with one attached hydrogen (secondary N) is 3. The number of hydrogen-bond acceptors (Lipinski definition) is 6. The van der Waals surface area contributed by atoms with Gasteiger partial charge in [-0.15, -0.1) is 0 Å². The molecular weight excluding hydrogens is 501 g/mol. The van der Waals surface area contributed by atoms with E-state index < -0.39 is 5.97 Å². The maximum atomic E-state index is 12.6. The molecule has 12 heteroatoms. The van der Waals surface area contributed by atoms with Gasteiger partial charge in [0.2, 0.25) is 5.91 Å². The molecule has 34 heavy (non-hydrogen) atoms. The fourth-order valence-corrected chi connectivity index (χ4v) is 6.47. The zero-order valence-electron chi connectivity index (χ0n) is 18.5. The number of fused-ring (bicyclic) bond motifs is 1. The summed E-state index contributed by atoms with van der Waals surface area (Å²) in [6, 6.07) is 0.204. The zero-order valence-corrected chi connectivity index (χ0v) is 20.8. The van der Waals surface area contributed by atoms with E-state index >= 15 is 0 Å². The fraction of sp³-hybridized carbons (Fsp3) is 0.545. The van der Waals surface area contributed by atoms with Crippen molar-refractivity contribution >= 4 is 57.5 Å². The second-order valence-corrected chi connectivity index (χ2v) is 11.0. The van der Waals surface area contributed by atoms with E-state index in [2.05, 4.69) is 20.6 Å². The normalized spacial score (nSPS) is 23.7. The van der Waals surface area contributed by atoms with Gasteiger partial charge in [0.05, 0.1) is 22.2 Å². The lowest BCUT2D eigenvalue weighted by Gasteiger charge is -2.19. The lowest BCUT2D eigenvalue weighted by Crippen LogP contribution is -2.35. The summed E-state index contributed by atoms with van der Waals surface area (Å²) in [5, 5.41) is 16.8. The Hall–Kier alpha value is -2.30. The van der Waals surface area contributed by atoms with Gasteiger partial charge < -0.3 is 25.6 Å². The molecule has 4 N–H and O–H groups in total. The quantitative estimate of drug-likeness (QED) is 0.439. The third kappa shape index (κ3) is 4.38. The van der Waals surface area contributed by atoms with Gasteiger partial charge in [0, 0.05) is 42.7 Å². The smallest absolute Gasteiger partial charge is 0.347 e. The molecule has 9 nitrogen and oxygen atoms in total. The highest BCUT2D eigenvalue weighted by Gasteiger charge is 2.57. The van der Waals surface area contributed by atoms with Gasteiger partial charge in [-0.25, -0.2) is 9.78 Å². The predicted molar refractivity (Wildman–Crippen MR) is 129 cm³/mol. The highest BCUT2D eigenvalue weighted by molar-refractivity contribution is 7.17. The SMILES string of the molecule is Cc1[nH]c(C(=O)NC2[C@H]3CN(c4nc(CC(=O)NC5CCCC5)c(C(=O)O)s4)C[C@@H]23)c(Cl)c1Cl. The van der Waals surface area contributed by atoms with Crippen molar-refractivity contribution < 1.29 is 19.5 Å². The Morgan fingerprint density at radius 1 is 1.15 bits per heavy atom. The van der Waals surface area contributed by atoms with E-state index in [1.54, 1.807) is 6.92 Å². The van der Waals surface area contributed by atoms with E-state index in [-0.39, 0.29) is 57.7 Å². The number of carbonyl (C=O) groups is 3. The highest BCUT2D eigenvalue weighted by atomic mass is 35.5. The van der Waals surface area contributed by atoms with E-state index in [0.717, 1.165) is 37.0 Å². The van der Waals surface area contributed by atoms with Gasteiger partial charge in [-0.2, -0.15) is 0 Å². The molecule has 2 aromatic heterocycles. The summed E-state index contributed by atoms with van der Waals surface area (Å²) in [5.41, 5.74) is 1.21. The van der Waals surface area contributed by atoms with Crippen molar-refractivity contribution in [2.45, 2.75) is 51.1 Å². The first-order valence-corrected chi connectivity index (χ1v) is 12.9. The average molecular weight is 526 g/mol. The molecule has 182 valence electrons. The number of aryl methyl sites for hydroxylation is 1. The van der Waals surface area contributed by atoms with Crippen LogP contribution < -0.4 is 15.5 Å². The van der Waals surface area contributed by atoms with Gasteiger partial charge in [-0.1, -0.05) is 47.4 Å². The van der Waals surface area contributed by atoms with Crippen LogP contribution >= 0.6 is 34.5 Å². The van der Waals surface area contributed by atoms with Crippen molar-refractivity contribution in [3.8, 4) is 0 Å². The number of rotatable bonds is 7.